The average Bonchev–Trinajstić information content (AvgIpc) is 2.36. The number of ether oxygens (including phenoxy) is 2. The van der Waals surface area contributed by atoms with Crippen molar-refractivity contribution < 1.29 is 13.9 Å². The first-order valence-corrected chi connectivity index (χ1v) is 6.81. The smallest absolute Gasteiger partial charge is 0.126 e. The SMILES string of the molecule is Cc1cc(OCCNCCCOC(C)C)ccc1F. The van der Waals surface area contributed by atoms with Gasteiger partial charge in [0.2, 0.25) is 0 Å². The van der Waals surface area contributed by atoms with Gasteiger partial charge >= 0.3 is 0 Å². The molecule has 0 saturated heterocycles. The summed E-state index contributed by atoms with van der Waals surface area (Å²) in [5, 5.41) is 3.28. The summed E-state index contributed by atoms with van der Waals surface area (Å²) in [6.07, 6.45) is 1.29. The second kappa shape index (κ2) is 8.88. The first-order valence-electron chi connectivity index (χ1n) is 6.81. The zero-order valence-electron chi connectivity index (χ0n) is 12.0. The van der Waals surface area contributed by atoms with E-state index in [1.165, 1.54) is 6.07 Å². The fourth-order valence-corrected chi connectivity index (χ4v) is 1.59. The van der Waals surface area contributed by atoms with E-state index in [0.29, 0.717) is 24.0 Å². The minimum absolute atomic E-state index is 0.198. The van der Waals surface area contributed by atoms with Crippen molar-refractivity contribution in [2.75, 3.05) is 26.3 Å². The molecule has 0 heterocycles. The van der Waals surface area contributed by atoms with Crippen molar-refractivity contribution in [3.8, 4) is 5.75 Å². The lowest BCUT2D eigenvalue weighted by molar-refractivity contribution is 0.0770. The van der Waals surface area contributed by atoms with Crippen LogP contribution in [0.4, 0.5) is 4.39 Å². The first kappa shape index (κ1) is 15.9. The van der Waals surface area contributed by atoms with E-state index in [2.05, 4.69) is 5.32 Å². The molecule has 19 heavy (non-hydrogen) atoms. The molecule has 0 spiro atoms. The van der Waals surface area contributed by atoms with E-state index in [1.54, 1.807) is 19.1 Å². The third kappa shape index (κ3) is 7.13. The summed E-state index contributed by atoms with van der Waals surface area (Å²) in [6, 6.07) is 4.80. The van der Waals surface area contributed by atoms with Gasteiger partial charge in [-0.2, -0.15) is 0 Å². The molecule has 1 aromatic carbocycles. The predicted molar refractivity (Wildman–Crippen MR) is 75.2 cm³/mol. The Kier molecular flexibility index (Phi) is 7.45. The Bertz CT molecular complexity index is 369. The maximum atomic E-state index is 13.0. The van der Waals surface area contributed by atoms with E-state index in [9.17, 15) is 4.39 Å². The van der Waals surface area contributed by atoms with Gasteiger partial charge in [0, 0.05) is 13.2 Å². The second-order valence-corrected chi connectivity index (χ2v) is 4.78. The molecule has 0 saturated carbocycles. The zero-order chi connectivity index (χ0) is 14.1. The standard InChI is InChI=1S/C15H24FNO2/c1-12(2)18-9-4-7-17-8-10-19-14-5-6-15(16)13(3)11-14/h5-6,11-12,17H,4,7-10H2,1-3H3. The van der Waals surface area contributed by atoms with Crippen LogP contribution in [0.25, 0.3) is 0 Å². The maximum Gasteiger partial charge on any atom is 0.126 e. The number of halogens is 1. The minimum atomic E-state index is -0.198. The van der Waals surface area contributed by atoms with Crippen molar-refractivity contribution in [1.29, 1.82) is 0 Å². The molecule has 0 aromatic heterocycles. The number of rotatable bonds is 9. The van der Waals surface area contributed by atoms with Gasteiger partial charge in [0.25, 0.3) is 0 Å². The molecule has 3 nitrogen and oxygen atoms in total. The summed E-state index contributed by atoms with van der Waals surface area (Å²) >= 11 is 0. The topological polar surface area (TPSA) is 30.5 Å². The molecule has 0 aliphatic rings. The Hall–Kier alpha value is -1.13. The van der Waals surface area contributed by atoms with E-state index in [4.69, 9.17) is 9.47 Å². The quantitative estimate of drug-likeness (QED) is 0.699. The fourth-order valence-electron chi connectivity index (χ4n) is 1.59. The molecule has 0 bridgehead atoms. The molecule has 4 heteroatoms. The zero-order valence-corrected chi connectivity index (χ0v) is 12.0. The Labute approximate surface area is 115 Å². The normalized spacial score (nSPS) is 11.0. The molecule has 0 fully saturated rings. The summed E-state index contributed by atoms with van der Waals surface area (Å²) in [6.45, 7) is 8.85. The third-order valence-corrected chi connectivity index (χ3v) is 2.63. The van der Waals surface area contributed by atoms with Crippen molar-refractivity contribution in [3.63, 3.8) is 0 Å². The molecule has 0 aliphatic carbocycles. The van der Waals surface area contributed by atoms with Crippen molar-refractivity contribution in [3.05, 3.63) is 29.6 Å². The minimum Gasteiger partial charge on any atom is -0.492 e. The summed E-state index contributed by atoms with van der Waals surface area (Å²) in [5.74, 6) is 0.513. The highest BCUT2D eigenvalue weighted by molar-refractivity contribution is 5.28. The van der Waals surface area contributed by atoms with Crippen LogP contribution in [0, 0.1) is 12.7 Å². The highest BCUT2D eigenvalue weighted by atomic mass is 19.1. The Morgan fingerprint density at radius 2 is 2.00 bits per heavy atom. The summed E-state index contributed by atoms with van der Waals surface area (Å²) in [5.41, 5.74) is 0.608. The van der Waals surface area contributed by atoms with Crippen LogP contribution in [-0.4, -0.2) is 32.4 Å². The molecule has 0 amide bonds. The van der Waals surface area contributed by atoms with Gasteiger partial charge < -0.3 is 14.8 Å². The van der Waals surface area contributed by atoms with E-state index < -0.39 is 0 Å². The highest BCUT2D eigenvalue weighted by Gasteiger charge is 1.99. The van der Waals surface area contributed by atoms with Crippen LogP contribution in [-0.2, 0) is 4.74 Å². The van der Waals surface area contributed by atoms with Crippen LogP contribution in [0.5, 0.6) is 5.75 Å². The van der Waals surface area contributed by atoms with Crippen molar-refractivity contribution in [1.82, 2.24) is 5.32 Å². The summed E-state index contributed by atoms with van der Waals surface area (Å²) in [7, 11) is 0. The lowest BCUT2D eigenvalue weighted by Crippen LogP contribution is -2.23. The number of hydrogen-bond acceptors (Lipinski definition) is 3. The lowest BCUT2D eigenvalue weighted by atomic mass is 10.2. The van der Waals surface area contributed by atoms with Gasteiger partial charge in [0.1, 0.15) is 18.2 Å². The van der Waals surface area contributed by atoms with Gasteiger partial charge in [-0.05, 0) is 57.5 Å². The van der Waals surface area contributed by atoms with E-state index in [0.717, 1.165) is 26.1 Å². The van der Waals surface area contributed by atoms with Crippen molar-refractivity contribution in [2.45, 2.75) is 33.3 Å². The number of hydrogen-bond donors (Lipinski definition) is 1. The van der Waals surface area contributed by atoms with Crippen molar-refractivity contribution in [2.24, 2.45) is 0 Å². The Balaban J connectivity index is 2.03. The van der Waals surface area contributed by atoms with Crippen LogP contribution in [0.2, 0.25) is 0 Å². The van der Waals surface area contributed by atoms with E-state index in [1.807, 2.05) is 13.8 Å². The third-order valence-electron chi connectivity index (χ3n) is 2.63. The molecule has 1 N–H and O–H groups in total. The number of aryl methyl sites for hydroxylation is 1. The molecular formula is C15H24FNO2. The van der Waals surface area contributed by atoms with Crippen LogP contribution in [0.15, 0.2) is 18.2 Å². The molecule has 0 aliphatic heterocycles. The molecular weight excluding hydrogens is 245 g/mol. The van der Waals surface area contributed by atoms with Crippen LogP contribution in [0.3, 0.4) is 0 Å². The largest absolute Gasteiger partial charge is 0.492 e. The predicted octanol–water partition coefficient (Wildman–Crippen LogP) is 2.92. The van der Waals surface area contributed by atoms with Gasteiger partial charge in [-0.1, -0.05) is 0 Å². The van der Waals surface area contributed by atoms with Gasteiger partial charge in [-0.25, -0.2) is 4.39 Å². The van der Waals surface area contributed by atoms with Crippen molar-refractivity contribution >= 4 is 0 Å². The molecule has 1 rings (SSSR count). The van der Waals surface area contributed by atoms with Gasteiger partial charge in [-0.3, -0.25) is 0 Å². The fraction of sp³-hybridized carbons (Fsp3) is 0.600. The summed E-state index contributed by atoms with van der Waals surface area (Å²) < 4.78 is 24.0. The van der Waals surface area contributed by atoms with Crippen LogP contribution in [0.1, 0.15) is 25.8 Å². The van der Waals surface area contributed by atoms with Crippen LogP contribution < -0.4 is 10.1 Å². The molecule has 0 radical (unpaired) electrons. The highest BCUT2D eigenvalue weighted by Crippen LogP contribution is 2.15. The Morgan fingerprint density at radius 1 is 1.21 bits per heavy atom. The average molecular weight is 269 g/mol. The second-order valence-electron chi connectivity index (χ2n) is 4.78. The monoisotopic (exact) mass is 269 g/mol. The van der Waals surface area contributed by atoms with Gasteiger partial charge in [0.05, 0.1) is 6.10 Å². The number of nitrogens with one attached hydrogen (secondary N) is 1. The first-order chi connectivity index (χ1) is 9.09. The summed E-state index contributed by atoms with van der Waals surface area (Å²) in [4.78, 5) is 0. The molecule has 0 atom stereocenters. The number of benzene rings is 1. The lowest BCUT2D eigenvalue weighted by Gasteiger charge is -2.09. The maximum absolute atomic E-state index is 13.0. The van der Waals surface area contributed by atoms with Gasteiger partial charge in [0.15, 0.2) is 0 Å². The van der Waals surface area contributed by atoms with Gasteiger partial charge in [-0.15, -0.1) is 0 Å². The molecule has 1 aromatic rings. The molecule has 0 unspecified atom stereocenters. The Morgan fingerprint density at radius 3 is 2.68 bits per heavy atom. The molecule has 108 valence electrons. The van der Waals surface area contributed by atoms with Crippen LogP contribution >= 0.6 is 0 Å². The van der Waals surface area contributed by atoms with E-state index in [-0.39, 0.29) is 5.82 Å². The van der Waals surface area contributed by atoms with E-state index >= 15 is 0 Å².